The molecule has 0 spiro atoms. The van der Waals surface area contributed by atoms with Gasteiger partial charge in [0.25, 0.3) is 5.91 Å². The molecule has 0 atom stereocenters. The Hall–Kier alpha value is -2.40. The van der Waals surface area contributed by atoms with Gasteiger partial charge in [0.1, 0.15) is 5.75 Å². The monoisotopic (exact) mass is 354 g/mol. The molecule has 0 saturated heterocycles. The van der Waals surface area contributed by atoms with E-state index in [-0.39, 0.29) is 5.91 Å². The zero-order valence-corrected chi connectivity index (χ0v) is 15.4. The SMILES string of the molecule is CCCCCOc1ccc(C(=O)Nc2nc3c(C)cccc3s2)cc1. The lowest BCUT2D eigenvalue weighted by Crippen LogP contribution is -2.11. The Balaban J connectivity index is 1.63. The number of anilines is 1. The van der Waals surface area contributed by atoms with E-state index >= 15 is 0 Å². The van der Waals surface area contributed by atoms with E-state index in [1.54, 1.807) is 12.1 Å². The molecule has 0 aliphatic heterocycles. The average molecular weight is 354 g/mol. The number of hydrogen-bond donors (Lipinski definition) is 1. The fourth-order valence-electron chi connectivity index (χ4n) is 2.55. The normalized spacial score (nSPS) is 10.8. The van der Waals surface area contributed by atoms with Crippen molar-refractivity contribution in [3.8, 4) is 5.75 Å². The number of fused-ring (bicyclic) bond motifs is 1. The van der Waals surface area contributed by atoms with Gasteiger partial charge < -0.3 is 4.74 Å². The molecule has 0 bridgehead atoms. The van der Waals surface area contributed by atoms with Gasteiger partial charge in [-0.2, -0.15) is 0 Å². The summed E-state index contributed by atoms with van der Waals surface area (Å²) in [5.74, 6) is 0.637. The fraction of sp³-hybridized carbons (Fsp3) is 0.300. The van der Waals surface area contributed by atoms with Crippen LogP contribution in [0, 0.1) is 6.92 Å². The second-order valence-electron chi connectivity index (χ2n) is 5.97. The van der Waals surface area contributed by atoms with Crippen LogP contribution in [0.3, 0.4) is 0 Å². The lowest BCUT2D eigenvalue weighted by molar-refractivity contribution is 0.102. The molecular formula is C20H22N2O2S. The molecule has 130 valence electrons. The van der Waals surface area contributed by atoms with Crippen LogP contribution < -0.4 is 10.1 Å². The number of aryl methyl sites for hydroxylation is 1. The number of hydrogen-bond acceptors (Lipinski definition) is 4. The number of rotatable bonds is 7. The maximum absolute atomic E-state index is 12.4. The molecule has 4 nitrogen and oxygen atoms in total. The van der Waals surface area contributed by atoms with E-state index in [9.17, 15) is 4.79 Å². The molecule has 0 aliphatic rings. The van der Waals surface area contributed by atoms with Crippen LogP contribution in [0.1, 0.15) is 42.1 Å². The number of unbranched alkanes of at least 4 members (excludes halogenated alkanes) is 2. The summed E-state index contributed by atoms with van der Waals surface area (Å²) < 4.78 is 6.75. The van der Waals surface area contributed by atoms with Gasteiger partial charge in [-0.25, -0.2) is 4.98 Å². The van der Waals surface area contributed by atoms with Crippen molar-refractivity contribution in [3.05, 3.63) is 53.6 Å². The summed E-state index contributed by atoms with van der Waals surface area (Å²) in [6.07, 6.45) is 3.39. The van der Waals surface area contributed by atoms with Crippen molar-refractivity contribution >= 4 is 32.6 Å². The number of thiazole rings is 1. The largest absolute Gasteiger partial charge is 0.494 e. The minimum Gasteiger partial charge on any atom is -0.494 e. The number of nitrogens with zero attached hydrogens (tertiary/aromatic N) is 1. The summed E-state index contributed by atoms with van der Waals surface area (Å²) in [5, 5.41) is 3.50. The smallest absolute Gasteiger partial charge is 0.257 e. The first-order valence-electron chi connectivity index (χ1n) is 8.57. The van der Waals surface area contributed by atoms with E-state index in [4.69, 9.17) is 4.74 Å². The Morgan fingerprint density at radius 3 is 2.68 bits per heavy atom. The Morgan fingerprint density at radius 2 is 1.96 bits per heavy atom. The molecule has 3 rings (SSSR count). The van der Waals surface area contributed by atoms with Gasteiger partial charge in [0, 0.05) is 5.56 Å². The molecule has 0 saturated carbocycles. The summed E-state index contributed by atoms with van der Waals surface area (Å²) in [4.78, 5) is 16.9. The second-order valence-corrected chi connectivity index (χ2v) is 7.01. The predicted molar refractivity (Wildman–Crippen MR) is 104 cm³/mol. The van der Waals surface area contributed by atoms with E-state index in [1.165, 1.54) is 24.2 Å². The number of para-hydroxylation sites is 1. The zero-order chi connectivity index (χ0) is 17.6. The van der Waals surface area contributed by atoms with Crippen LogP contribution in [0.5, 0.6) is 5.75 Å². The highest BCUT2D eigenvalue weighted by Crippen LogP contribution is 2.28. The highest BCUT2D eigenvalue weighted by atomic mass is 32.1. The molecule has 0 radical (unpaired) electrons. The van der Waals surface area contributed by atoms with Crippen LogP contribution in [0.15, 0.2) is 42.5 Å². The van der Waals surface area contributed by atoms with E-state index in [0.29, 0.717) is 17.3 Å². The summed E-state index contributed by atoms with van der Waals surface area (Å²) in [7, 11) is 0. The Bertz CT molecular complexity index is 856. The molecule has 1 amide bonds. The second kappa shape index (κ2) is 8.12. The first kappa shape index (κ1) is 17.4. The van der Waals surface area contributed by atoms with E-state index in [0.717, 1.165) is 28.0 Å². The van der Waals surface area contributed by atoms with Gasteiger partial charge in [0.15, 0.2) is 5.13 Å². The first-order valence-corrected chi connectivity index (χ1v) is 9.39. The molecule has 0 unspecified atom stereocenters. The van der Waals surface area contributed by atoms with Crippen LogP contribution in [-0.4, -0.2) is 17.5 Å². The van der Waals surface area contributed by atoms with E-state index in [1.807, 2.05) is 37.3 Å². The van der Waals surface area contributed by atoms with Crippen molar-refractivity contribution in [3.63, 3.8) is 0 Å². The molecule has 1 aromatic heterocycles. The van der Waals surface area contributed by atoms with E-state index < -0.39 is 0 Å². The molecule has 25 heavy (non-hydrogen) atoms. The van der Waals surface area contributed by atoms with Crippen LogP contribution in [0.25, 0.3) is 10.2 Å². The third kappa shape index (κ3) is 4.37. The first-order chi connectivity index (χ1) is 12.2. The number of carbonyl (C=O) groups is 1. The van der Waals surface area contributed by atoms with Crippen molar-refractivity contribution in [2.75, 3.05) is 11.9 Å². The third-order valence-electron chi connectivity index (χ3n) is 3.97. The van der Waals surface area contributed by atoms with Crippen molar-refractivity contribution in [1.29, 1.82) is 0 Å². The molecule has 0 aliphatic carbocycles. The van der Waals surface area contributed by atoms with Gasteiger partial charge in [-0.05, 0) is 49.2 Å². The highest BCUT2D eigenvalue weighted by Gasteiger charge is 2.11. The van der Waals surface area contributed by atoms with Crippen molar-refractivity contribution in [2.45, 2.75) is 33.1 Å². The number of carbonyl (C=O) groups excluding carboxylic acids is 1. The Labute approximate surface area is 151 Å². The van der Waals surface area contributed by atoms with Crippen LogP contribution in [-0.2, 0) is 0 Å². The van der Waals surface area contributed by atoms with Gasteiger partial charge in [-0.15, -0.1) is 0 Å². The van der Waals surface area contributed by atoms with Crippen LogP contribution >= 0.6 is 11.3 Å². The number of ether oxygens (including phenoxy) is 1. The zero-order valence-electron chi connectivity index (χ0n) is 14.5. The van der Waals surface area contributed by atoms with Gasteiger partial charge in [-0.1, -0.05) is 43.2 Å². The minimum absolute atomic E-state index is 0.158. The quantitative estimate of drug-likeness (QED) is 0.576. The van der Waals surface area contributed by atoms with Crippen LogP contribution in [0.2, 0.25) is 0 Å². The summed E-state index contributed by atoms with van der Waals surface area (Å²) in [5.41, 5.74) is 2.65. The van der Waals surface area contributed by atoms with Crippen molar-refractivity contribution in [2.24, 2.45) is 0 Å². The lowest BCUT2D eigenvalue weighted by Gasteiger charge is -2.06. The molecular weight excluding hydrogens is 332 g/mol. The number of amides is 1. The minimum atomic E-state index is -0.158. The Kier molecular flexibility index (Phi) is 5.66. The Morgan fingerprint density at radius 1 is 1.16 bits per heavy atom. The third-order valence-corrected chi connectivity index (χ3v) is 4.91. The van der Waals surface area contributed by atoms with Gasteiger partial charge in [-0.3, -0.25) is 10.1 Å². The van der Waals surface area contributed by atoms with Gasteiger partial charge in [0.05, 0.1) is 16.8 Å². The van der Waals surface area contributed by atoms with Crippen LogP contribution in [0.4, 0.5) is 5.13 Å². The molecule has 0 fully saturated rings. The highest BCUT2D eigenvalue weighted by molar-refractivity contribution is 7.22. The molecule has 1 heterocycles. The summed E-state index contributed by atoms with van der Waals surface area (Å²) in [6.45, 7) is 4.90. The molecule has 3 aromatic rings. The van der Waals surface area contributed by atoms with Gasteiger partial charge in [0.2, 0.25) is 0 Å². The number of aromatic nitrogens is 1. The molecule has 5 heteroatoms. The van der Waals surface area contributed by atoms with E-state index in [2.05, 4.69) is 17.2 Å². The maximum atomic E-state index is 12.4. The fourth-order valence-corrected chi connectivity index (χ4v) is 3.49. The van der Waals surface area contributed by atoms with Crippen molar-refractivity contribution < 1.29 is 9.53 Å². The lowest BCUT2D eigenvalue weighted by atomic mass is 10.2. The number of nitrogens with one attached hydrogen (secondary N) is 1. The topological polar surface area (TPSA) is 51.2 Å². The number of benzene rings is 2. The average Bonchev–Trinajstić information content (AvgIpc) is 3.03. The molecule has 2 aromatic carbocycles. The predicted octanol–water partition coefficient (Wildman–Crippen LogP) is 5.43. The van der Waals surface area contributed by atoms with Gasteiger partial charge >= 0.3 is 0 Å². The van der Waals surface area contributed by atoms with Crippen molar-refractivity contribution in [1.82, 2.24) is 4.98 Å². The standard InChI is InChI=1S/C20H22N2O2S/c1-3-4-5-13-24-16-11-9-15(10-12-16)19(23)22-20-21-18-14(2)7-6-8-17(18)25-20/h6-12H,3-5,13H2,1-2H3,(H,21,22,23). The summed E-state index contributed by atoms with van der Waals surface area (Å²) >= 11 is 1.49. The maximum Gasteiger partial charge on any atom is 0.257 e. The summed E-state index contributed by atoms with van der Waals surface area (Å²) in [6, 6.07) is 13.3. The molecule has 1 N–H and O–H groups in total.